The van der Waals surface area contributed by atoms with Crippen LogP contribution in [0.4, 0.5) is 0 Å². The second-order valence-electron chi connectivity index (χ2n) is 7.68. The largest absolute Gasteiger partial charge is 0.491 e. The van der Waals surface area contributed by atoms with Crippen LogP contribution in [0, 0.1) is 12.8 Å². The van der Waals surface area contributed by atoms with Gasteiger partial charge in [-0.2, -0.15) is 0 Å². The molecule has 2 N–H and O–H groups in total. The molecule has 1 fully saturated rings. The Kier molecular flexibility index (Phi) is 7.91. The summed E-state index contributed by atoms with van der Waals surface area (Å²) in [6, 6.07) is 6.24. The van der Waals surface area contributed by atoms with Gasteiger partial charge in [0, 0.05) is 12.8 Å². The Morgan fingerprint density at radius 3 is 2.58 bits per heavy atom. The molecule has 1 atom stereocenters. The average molecular weight is 365 g/mol. The Bertz CT molecular complexity index is 579. The average Bonchev–Trinajstić information content (AvgIpc) is 2.60. The summed E-state index contributed by atoms with van der Waals surface area (Å²) in [6.45, 7) is 11.4. The van der Waals surface area contributed by atoms with Gasteiger partial charge in [0.25, 0.3) is 0 Å². The van der Waals surface area contributed by atoms with Gasteiger partial charge in [-0.15, -0.1) is 0 Å². The molecule has 146 valence electrons. The highest BCUT2D eigenvalue weighted by Crippen LogP contribution is 2.22. The minimum atomic E-state index is -0.507. The maximum Gasteiger partial charge on any atom is 0.309 e. The molecule has 5 heteroatoms. The Labute approximate surface area is 157 Å². The highest BCUT2D eigenvalue weighted by Gasteiger charge is 2.29. The Morgan fingerprint density at radius 2 is 1.96 bits per heavy atom. The molecular weight excluding hydrogens is 330 g/mol. The Morgan fingerprint density at radius 1 is 1.27 bits per heavy atom. The minimum Gasteiger partial charge on any atom is -0.491 e. The zero-order valence-corrected chi connectivity index (χ0v) is 16.6. The summed E-state index contributed by atoms with van der Waals surface area (Å²) in [5, 5.41) is 10.3. The molecule has 0 radical (unpaired) electrons. The number of benzene rings is 1. The SMILES string of the molecule is CCOC(=O)C1CC[NH+](C[C@@H](O)COc2cc(C)cc(C(C)C)c2)CC1. The first-order valence-electron chi connectivity index (χ1n) is 9.81. The molecule has 1 aromatic carbocycles. The number of rotatable bonds is 8. The highest BCUT2D eigenvalue weighted by atomic mass is 16.5. The van der Waals surface area contributed by atoms with Gasteiger partial charge in [-0.25, -0.2) is 0 Å². The van der Waals surface area contributed by atoms with Crippen molar-refractivity contribution in [2.45, 2.75) is 52.6 Å². The lowest BCUT2D eigenvalue weighted by molar-refractivity contribution is -0.908. The van der Waals surface area contributed by atoms with Crippen LogP contribution in [0.5, 0.6) is 5.75 Å². The number of ether oxygens (including phenoxy) is 2. The van der Waals surface area contributed by atoms with Crippen molar-refractivity contribution < 1.29 is 24.3 Å². The fourth-order valence-corrected chi connectivity index (χ4v) is 3.50. The summed E-state index contributed by atoms with van der Waals surface area (Å²) in [5.41, 5.74) is 2.42. The van der Waals surface area contributed by atoms with Crippen LogP contribution in [0.3, 0.4) is 0 Å². The van der Waals surface area contributed by atoms with Crippen LogP contribution in [0.15, 0.2) is 18.2 Å². The monoisotopic (exact) mass is 364 g/mol. The van der Waals surface area contributed by atoms with Gasteiger partial charge in [0.05, 0.1) is 25.6 Å². The van der Waals surface area contributed by atoms with Gasteiger partial charge in [-0.3, -0.25) is 4.79 Å². The van der Waals surface area contributed by atoms with Crippen LogP contribution >= 0.6 is 0 Å². The maximum absolute atomic E-state index is 11.8. The fourth-order valence-electron chi connectivity index (χ4n) is 3.50. The zero-order valence-electron chi connectivity index (χ0n) is 16.6. The van der Waals surface area contributed by atoms with Crippen molar-refractivity contribution in [2.75, 3.05) is 32.8 Å². The Balaban J connectivity index is 1.76. The molecule has 0 amide bonds. The third kappa shape index (κ3) is 6.29. The van der Waals surface area contributed by atoms with E-state index in [0.29, 0.717) is 25.7 Å². The topological polar surface area (TPSA) is 60.2 Å². The van der Waals surface area contributed by atoms with E-state index < -0.39 is 6.10 Å². The van der Waals surface area contributed by atoms with Crippen molar-refractivity contribution in [1.82, 2.24) is 0 Å². The smallest absolute Gasteiger partial charge is 0.309 e. The van der Waals surface area contributed by atoms with Crippen molar-refractivity contribution in [1.29, 1.82) is 0 Å². The van der Waals surface area contributed by atoms with Crippen molar-refractivity contribution in [3.63, 3.8) is 0 Å². The molecule has 1 aliphatic rings. The minimum absolute atomic E-state index is 0.0221. The first kappa shape index (κ1) is 20.7. The number of piperidine rings is 1. The number of hydrogen-bond donors (Lipinski definition) is 2. The lowest BCUT2D eigenvalue weighted by atomic mass is 9.97. The number of esters is 1. The van der Waals surface area contributed by atoms with Crippen LogP contribution in [-0.4, -0.2) is 50.0 Å². The van der Waals surface area contributed by atoms with Crippen LogP contribution in [0.25, 0.3) is 0 Å². The van der Waals surface area contributed by atoms with Crippen LogP contribution in [0.1, 0.15) is 50.7 Å². The quantitative estimate of drug-likeness (QED) is 0.690. The van der Waals surface area contributed by atoms with Gasteiger partial charge >= 0.3 is 5.97 Å². The van der Waals surface area contributed by atoms with E-state index in [0.717, 1.165) is 31.7 Å². The second kappa shape index (κ2) is 9.93. The predicted molar refractivity (Wildman–Crippen MR) is 102 cm³/mol. The van der Waals surface area contributed by atoms with E-state index >= 15 is 0 Å². The number of carbonyl (C=O) groups excluding carboxylic acids is 1. The first-order valence-corrected chi connectivity index (χ1v) is 9.81. The second-order valence-corrected chi connectivity index (χ2v) is 7.68. The Hall–Kier alpha value is -1.59. The number of quaternary nitrogens is 1. The third-order valence-corrected chi connectivity index (χ3v) is 5.02. The van der Waals surface area contributed by atoms with E-state index in [1.165, 1.54) is 16.0 Å². The molecular formula is C21H34NO4+. The highest BCUT2D eigenvalue weighted by molar-refractivity contribution is 5.72. The van der Waals surface area contributed by atoms with E-state index in [-0.39, 0.29) is 11.9 Å². The zero-order chi connectivity index (χ0) is 19.1. The number of aliphatic hydroxyl groups excluding tert-OH is 1. The molecule has 1 heterocycles. The number of aliphatic hydroxyl groups is 1. The van der Waals surface area contributed by atoms with Crippen molar-refractivity contribution >= 4 is 5.97 Å². The standard InChI is InChI=1S/C21H33NO4/c1-5-25-21(24)17-6-8-22(9-7-17)13-19(23)14-26-20-11-16(4)10-18(12-20)15(2)3/h10-12,15,17,19,23H,5-9,13-14H2,1-4H3/p+1/t19-/m1/s1. The van der Waals surface area contributed by atoms with Gasteiger partial charge in [0.15, 0.2) is 0 Å². The lowest BCUT2D eigenvalue weighted by Crippen LogP contribution is -3.14. The summed E-state index contributed by atoms with van der Waals surface area (Å²) in [5.74, 6) is 1.22. The maximum atomic E-state index is 11.8. The van der Waals surface area contributed by atoms with Crippen molar-refractivity contribution in [2.24, 2.45) is 5.92 Å². The van der Waals surface area contributed by atoms with Crippen molar-refractivity contribution in [3.8, 4) is 5.75 Å². The van der Waals surface area contributed by atoms with E-state index in [2.05, 4.69) is 32.9 Å². The molecule has 0 unspecified atom stereocenters. The molecule has 1 saturated heterocycles. The molecule has 1 aliphatic heterocycles. The molecule has 5 nitrogen and oxygen atoms in total. The van der Waals surface area contributed by atoms with Gasteiger partial charge in [0.2, 0.25) is 0 Å². The molecule has 0 aliphatic carbocycles. The summed E-state index contributed by atoms with van der Waals surface area (Å²) in [4.78, 5) is 13.1. The van der Waals surface area contributed by atoms with Gasteiger partial charge in [0.1, 0.15) is 25.0 Å². The molecule has 26 heavy (non-hydrogen) atoms. The molecule has 0 aromatic heterocycles. The molecule has 0 bridgehead atoms. The number of likely N-dealkylation sites (tertiary alicyclic amines) is 1. The molecule has 2 rings (SSSR count). The number of aryl methyl sites for hydroxylation is 1. The van der Waals surface area contributed by atoms with Gasteiger partial charge < -0.3 is 19.5 Å². The van der Waals surface area contributed by atoms with E-state index in [1.807, 2.05) is 13.0 Å². The summed E-state index contributed by atoms with van der Waals surface area (Å²) in [6.07, 6.45) is 1.15. The molecule has 1 aromatic rings. The van der Waals surface area contributed by atoms with E-state index in [4.69, 9.17) is 9.47 Å². The van der Waals surface area contributed by atoms with Gasteiger partial charge in [-0.05, 0) is 43.0 Å². The normalized spacial score (nSPS) is 21.5. The van der Waals surface area contributed by atoms with E-state index in [1.54, 1.807) is 0 Å². The van der Waals surface area contributed by atoms with Crippen LogP contribution < -0.4 is 9.64 Å². The van der Waals surface area contributed by atoms with Crippen molar-refractivity contribution in [3.05, 3.63) is 29.3 Å². The third-order valence-electron chi connectivity index (χ3n) is 5.02. The van der Waals surface area contributed by atoms with E-state index in [9.17, 15) is 9.90 Å². The number of nitrogens with one attached hydrogen (secondary N) is 1. The summed E-state index contributed by atoms with van der Waals surface area (Å²) >= 11 is 0. The summed E-state index contributed by atoms with van der Waals surface area (Å²) in [7, 11) is 0. The van der Waals surface area contributed by atoms with Gasteiger partial charge in [-0.1, -0.05) is 19.9 Å². The van der Waals surface area contributed by atoms with Crippen LogP contribution in [0.2, 0.25) is 0 Å². The predicted octanol–water partition coefficient (Wildman–Crippen LogP) is 1.72. The molecule has 0 saturated carbocycles. The van der Waals surface area contributed by atoms with Crippen LogP contribution in [-0.2, 0) is 9.53 Å². The number of hydrogen-bond acceptors (Lipinski definition) is 4. The summed E-state index contributed by atoms with van der Waals surface area (Å²) < 4.78 is 10.9. The lowest BCUT2D eigenvalue weighted by Gasteiger charge is -2.29. The first-order chi connectivity index (χ1) is 12.4. The number of carbonyl (C=O) groups is 1. The fraction of sp³-hybridized carbons (Fsp3) is 0.667. The molecule has 0 spiro atoms.